The Morgan fingerprint density at radius 3 is 1.93 bits per heavy atom. The van der Waals surface area contributed by atoms with Gasteiger partial charge in [0, 0.05) is 21.4 Å². The quantitative estimate of drug-likeness (QED) is 0.228. The zero-order valence-corrected chi connectivity index (χ0v) is 17.5. The third-order valence-electron chi connectivity index (χ3n) is 5.54. The highest BCUT2D eigenvalue weighted by molar-refractivity contribution is 6.30. The lowest BCUT2D eigenvalue weighted by Gasteiger charge is -2.31. The molecule has 30 heavy (non-hydrogen) atoms. The Morgan fingerprint density at radius 1 is 0.867 bits per heavy atom. The average Bonchev–Trinajstić information content (AvgIpc) is 2.77. The molecule has 3 rings (SSSR count). The minimum atomic E-state index is -0.577. The molecule has 0 saturated carbocycles. The fourth-order valence-corrected chi connectivity index (χ4v) is 4.26. The van der Waals surface area contributed by atoms with Crippen molar-refractivity contribution in [1.82, 2.24) is 0 Å². The smallest absolute Gasteiger partial charge is 0.211 e. The Morgan fingerprint density at radius 2 is 1.40 bits per heavy atom. The molecule has 3 atom stereocenters. The van der Waals surface area contributed by atoms with E-state index in [9.17, 15) is 14.9 Å². The molecule has 0 aliphatic heterocycles. The Kier molecular flexibility index (Phi) is 7.36. The summed E-state index contributed by atoms with van der Waals surface area (Å²) in [6.07, 6.45) is 0.673. The molecule has 0 N–H and O–H groups in total. The molecule has 0 fully saturated rings. The minimum absolute atomic E-state index is 0.0758. The molecular formula is C25H24ClNO3. The van der Waals surface area contributed by atoms with E-state index in [1.165, 1.54) is 0 Å². The summed E-state index contributed by atoms with van der Waals surface area (Å²) in [7, 11) is 0. The van der Waals surface area contributed by atoms with Crippen molar-refractivity contribution in [3.8, 4) is 0 Å². The van der Waals surface area contributed by atoms with Crippen LogP contribution < -0.4 is 0 Å². The Labute approximate surface area is 181 Å². The van der Waals surface area contributed by atoms with E-state index >= 15 is 0 Å². The van der Waals surface area contributed by atoms with Gasteiger partial charge in [-0.2, -0.15) is 0 Å². The highest BCUT2D eigenvalue weighted by atomic mass is 35.5. The first kappa shape index (κ1) is 21.7. The van der Waals surface area contributed by atoms with Crippen LogP contribution in [0.3, 0.4) is 0 Å². The van der Waals surface area contributed by atoms with Gasteiger partial charge < -0.3 is 0 Å². The summed E-state index contributed by atoms with van der Waals surface area (Å²) in [4.78, 5) is 25.0. The third kappa shape index (κ3) is 5.14. The van der Waals surface area contributed by atoms with Gasteiger partial charge in [0.1, 0.15) is 0 Å². The Hall–Kier alpha value is -2.98. The summed E-state index contributed by atoms with van der Waals surface area (Å²) in [5.41, 5.74) is 2.33. The van der Waals surface area contributed by atoms with Crippen LogP contribution >= 0.6 is 11.6 Å². The number of rotatable bonds is 9. The van der Waals surface area contributed by atoms with E-state index in [-0.39, 0.29) is 23.2 Å². The fraction of sp³-hybridized carbons (Fsp3) is 0.240. The fourth-order valence-electron chi connectivity index (χ4n) is 4.13. The van der Waals surface area contributed by atoms with E-state index in [1.54, 1.807) is 24.3 Å². The second-order valence-electron chi connectivity index (χ2n) is 7.35. The number of carbonyl (C=O) groups excluding carboxylic acids is 1. The molecule has 0 heterocycles. The molecule has 0 aliphatic carbocycles. The number of benzene rings is 3. The molecule has 0 unspecified atom stereocenters. The summed E-state index contributed by atoms with van der Waals surface area (Å²) < 4.78 is 0. The van der Waals surface area contributed by atoms with Crippen LogP contribution in [-0.2, 0) is 0 Å². The molecule has 3 aromatic rings. The van der Waals surface area contributed by atoms with Gasteiger partial charge in [0.2, 0.25) is 6.54 Å². The molecule has 0 spiro atoms. The normalized spacial score (nSPS) is 13.9. The van der Waals surface area contributed by atoms with Gasteiger partial charge in [-0.3, -0.25) is 14.9 Å². The summed E-state index contributed by atoms with van der Waals surface area (Å²) in [6.45, 7) is 1.70. The number of Topliss-reactive ketones (excluding diaryl/α,β-unsaturated/α-hetero) is 1. The number of halogens is 1. The zero-order valence-electron chi connectivity index (χ0n) is 16.8. The average molecular weight is 422 g/mol. The van der Waals surface area contributed by atoms with Crippen LogP contribution in [0, 0.1) is 16.0 Å². The van der Waals surface area contributed by atoms with Crippen molar-refractivity contribution in [3.63, 3.8) is 0 Å². The van der Waals surface area contributed by atoms with Crippen molar-refractivity contribution >= 4 is 17.4 Å². The zero-order chi connectivity index (χ0) is 21.5. The number of carbonyl (C=O) groups is 1. The van der Waals surface area contributed by atoms with Gasteiger partial charge in [0.05, 0.1) is 5.92 Å². The number of nitro groups is 1. The first-order valence-electron chi connectivity index (χ1n) is 10.0. The van der Waals surface area contributed by atoms with E-state index in [2.05, 4.69) is 0 Å². The van der Waals surface area contributed by atoms with Crippen molar-refractivity contribution in [3.05, 3.63) is 117 Å². The molecule has 154 valence electrons. The van der Waals surface area contributed by atoms with Crippen LogP contribution in [0.2, 0.25) is 5.02 Å². The maximum Gasteiger partial charge on any atom is 0.211 e. The number of nitrogens with zero attached hydrogens (tertiary/aromatic N) is 1. The van der Waals surface area contributed by atoms with E-state index < -0.39 is 11.8 Å². The van der Waals surface area contributed by atoms with Gasteiger partial charge in [-0.1, -0.05) is 91.3 Å². The second kappa shape index (κ2) is 10.2. The second-order valence-corrected chi connectivity index (χ2v) is 7.79. The molecular weight excluding hydrogens is 398 g/mol. The van der Waals surface area contributed by atoms with Gasteiger partial charge in [0.25, 0.3) is 0 Å². The molecule has 3 aromatic carbocycles. The largest absolute Gasteiger partial charge is 0.294 e. The van der Waals surface area contributed by atoms with Crippen LogP contribution in [0.5, 0.6) is 0 Å². The van der Waals surface area contributed by atoms with Crippen molar-refractivity contribution in [1.29, 1.82) is 0 Å². The van der Waals surface area contributed by atoms with Gasteiger partial charge in [-0.25, -0.2) is 0 Å². The SMILES string of the molecule is CC[C@@H](c1ccc(Cl)cc1)[C@@H](C(=O)c1ccccc1)[C@H](C[N+](=O)[O-])c1ccccc1. The molecule has 4 nitrogen and oxygen atoms in total. The number of hydrogen-bond acceptors (Lipinski definition) is 3. The molecule has 0 radical (unpaired) electrons. The van der Waals surface area contributed by atoms with E-state index in [4.69, 9.17) is 11.6 Å². The predicted octanol–water partition coefficient (Wildman–Crippen LogP) is 6.39. The summed E-state index contributed by atoms with van der Waals surface area (Å²) in [6, 6.07) is 25.8. The van der Waals surface area contributed by atoms with Crippen molar-refractivity contribution in [2.75, 3.05) is 6.54 Å². The topological polar surface area (TPSA) is 60.2 Å². The van der Waals surface area contributed by atoms with Gasteiger partial charge in [-0.05, 0) is 35.6 Å². The number of hydrogen-bond donors (Lipinski definition) is 0. The standard InChI is InChI=1S/C25H24ClNO3/c1-2-22(19-13-15-21(26)16-14-19)24(25(28)20-11-7-4-8-12-20)23(17-27(29)30)18-9-5-3-6-10-18/h3-16,22-24H,2,17H2,1H3/t22-,23+,24+/m0/s1. The highest BCUT2D eigenvalue weighted by Crippen LogP contribution is 2.40. The Balaban J connectivity index is 2.14. The summed E-state index contributed by atoms with van der Waals surface area (Å²) in [5.74, 6) is -1.38. The molecule has 0 aliphatic rings. The summed E-state index contributed by atoms with van der Waals surface area (Å²) >= 11 is 6.07. The lowest BCUT2D eigenvalue weighted by Crippen LogP contribution is -2.32. The lowest BCUT2D eigenvalue weighted by molar-refractivity contribution is -0.484. The van der Waals surface area contributed by atoms with Crippen LogP contribution in [0.15, 0.2) is 84.9 Å². The monoisotopic (exact) mass is 421 g/mol. The Bertz CT molecular complexity index is 974. The highest BCUT2D eigenvalue weighted by Gasteiger charge is 2.39. The van der Waals surface area contributed by atoms with Crippen molar-refractivity contribution in [2.24, 2.45) is 5.92 Å². The lowest BCUT2D eigenvalue weighted by atomic mass is 9.70. The molecule has 0 bridgehead atoms. The van der Waals surface area contributed by atoms with E-state index in [0.29, 0.717) is 17.0 Å². The third-order valence-corrected chi connectivity index (χ3v) is 5.79. The van der Waals surface area contributed by atoms with Crippen molar-refractivity contribution < 1.29 is 9.72 Å². The maximum atomic E-state index is 13.7. The first-order valence-corrected chi connectivity index (χ1v) is 10.4. The maximum absolute atomic E-state index is 13.7. The van der Waals surface area contributed by atoms with E-state index in [0.717, 1.165) is 11.1 Å². The van der Waals surface area contributed by atoms with Crippen LogP contribution in [0.25, 0.3) is 0 Å². The molecule has 0 saturated heterocycles. The molecule has 0 amide bonds. The number of ketones is 1. The van der Waals surface area contributed by atoms with Crippen molar-refractivity contribution in [2.45, 2.75) is 25.2 Å². The van der Waals surface area contributed by atoms with Crippen LogP contribution in [0.4, 0.5) is 0 Å². The van der Waals surface area contributed by atoms with Gasteiger partial charge >= 0.3 is 0 Å². The minimum Gasteiger partial charge on any atom is -0.294 e. The van der Waals surface area contributed by atoms with E-state index in [1.807, 2.05) is 67.6 Å². The first-order chi connectivity index (χ1) is 14.5. The molecule has 5 heteroatoms. The van der Waals surface area contributed by atoms with Gasteiger partial charge in [0.15, 0.2) is 5.78 Å². The predicted molar refractivity (Wildman–Crippen MR) is 120 cm³/mol. The molecule has 0 aromatic heterocycles. The van der Waals surface area contributed by atoms with Crippen LogP contribution in [0.1, 0.15) is 46.7 Å². The summed E-state index contributed by atoms with van der Waals surface area (Å²) in [5, 5.41) is 12.2. The van der Waals surface area contributed by atoms with Crippen LogP contribution in [-0.4, -0.2) is 17.3 Å². The van der Waals surface area contributed by atoms with Gasteiger partial charge in [-0.15, -0.1) is 0 Å².